The summed E-state index contributed by atoms with van der Waals surface area (Å²) in [6.45, 7) is 0.567. The number of rotatable bonds is 3. The summed E-state index contributed by atoms with van der Waals surface area (Å²) in [5.41, 5.74) is 3.30. The maximum absolute atomic E-state index is 13.0. The summed E-state index contributed by atoms with van der Waals surface area (Å²) in [6, 6.07) is 12.5. The number of urea groups is 1. The fourth-order valence-corrected chi connectivity index (χ4v) is 3.27. The normalized spacial score (nSPS) is 16.0. The molecule has 2 amide bonds. The van der Waals surface area contributed by atoms with Gasteiger partial charge in [0.15, 0.2) is 0 Å². The van der Waals surface area contributed by atoms with Crippen LogP contribution in [-0.4, -0.2) is 39.5 Å². The van der Waals surface area contributed by atoms with Gasteiger partial charge in [0.05, 0.1) is 30.5 Å². The Morgan fingerprint density at radius 3 is 2.88 bits per heavy atom. The van der Waals surface area contributed by atoms with Crippen LogP contribution < -0.4 is 10.1 Å². The van der Waals surface area contributed by atoms with Gasteiger partial charge in [0.2, 0.25) is 0 Å². The van der Waals surface area contributed by atoms with E-state index in [1.54, 1.807) is 24.5 Å². The Hall–Kier alpha value is -3.35. The summed E-state index contributed by atoms with van der Waals surface area (Å²) >= 11 is 0. The zero-order valence-electron chi connectivity index (χ0n) is 14.3. The van der Waals surface area contributed by atoms with Crippen molar-refractivity contribution in [1.29, 1.82) is 0 Å². The standard InChI is InChI=1S/C19H19N5O2/c1-26-16-8-3-2-6-13(16)23-19(25)24-11-9-14-17(22-12-21-14)18(24)15-7-4-5-10-20-15/h2-8,10,12,18H,9,11H2,1H3,(H,21,22)(H,23,25). The van der Waals surface area contributed by atoms with Crippen molar-refractivity contribution in [2.24, 2.45) is 0 Å². The molecular formula is C19H19N5O2. The molecule has 7 nitrogen and oxygen atoms in total. The summed E-state index contributed by atoms with van der Waals surface area (Å²) in [7, 11) is 1.58. The van der Waals surface area contributed by atoms with Crippen LogP contribution in [0.15, 0.2) is 55.0 Å². The summed E-state index contributed by atoms with van der Waals surface area (Å²) in [6.07, 6.45) is 4.12. The molecule has 3 heterocycles. The van der Waals surface area contributed by atoms with Gasteiger partial charge in [0.25, 0.3) is 0 Å². The van der Waals surface area contributed by atoms with Crippen molar-refractivity contribution in [3.05, 3.63) is 72.1 Å². The van der Waals surface area contributed by atoms with Crippen LogP contribution in [0, 0.1) is 0 Å². The van der Waals surface area contributed by atoms with Crippen LogP contribution in [0.3, 0.4) is 0 Å². The van der Waals surface area contributed by atoms with Gasteiger partial charge in [-0.25, -0.2) is 9.78 Å². The van der Waals surface area contributed by atoms with Crippen molar-refractivity contribution in [3.8, 4) is 5.75 Å². The van der Waals surface area contributed by atoms with E-state index < -0.39 is 0 Å². The predicted octanol–water partition coefficient (Wildman–Crippen LogP) is 2.99. The number of methoxy groups -OCH3 is 1. The van der Waals surface area contributed by atoms with E-state index in [1.165, 1.54) is 0 Å². The highest BCUT2D eigenvalue weighted by molar-refractivity contribution is 5.91. The third-order valence-electron chi connectivity index (χ3n) is 4.50. The number of H-pyrrole nitrogens is 1. The van der Waals surface area contributed by atoms with Crippen LogP contribution in [-0.2, 0) is 6.42 Å². The van der Waals surface area contributed by atoms with Gasteiger partial charge in [-0.2, -0.15) is 0 Å². The molecule has 1 aliphatic heterocycles. The number of amides is 2. The molecule has 132 valence electrons. The zero-order chi connectivity index (χ0) is 17.9. The first-order valence-corrected chi connectivity index (χ1v) is 8.41. The molecule has 2 N–H and O–H groups in total. The Bertz CT molecular complexity index is 909. The number of anilines is 1. The zero-order valence-corrected chi connectivity index (χ0v) is 14.3. The third-order valence-corrected chi connectivity index (χ3v) is 4.50. The van der Waals surface area contributed by atoms with Crippen molar-refractivity contribution in [2.75, 3.05) is 19.0 Å². The number of fused-ring (bicyclic) bond motifs is 1. The van der Waals surface area contributed by atoms with Gasteiger partial charge in [-0.15, -0.1) is 0 Å². The van der Waals surface area contributed by atoms with Gasteiger partial charge < -0.3 is 19.9 Å². The SMILES string of the molecule is COc1ccccc1NC(=O)N1CCc2[nH]cnc2C1c1ccccn1. The minimum absolute atomic E-state index is 0.209. The van der Waals surface area contributed by atoms with Crippen molar-refractivity contribution in [2.45, 2.75) is 12.5 Å². The molecule has 0 bridgehead atoms. The monoisotopic (exact) mass is 349 g/mol. The molecule has 1 unspecified atom stereocenters. The number of hydrogen-bond donors (Lipinski definition) is 2. The molecule has 0 saturated carbocycles. The summed E-state index contributed by atoms with van der Waals surface area (Å²) in [5, 5.41) is 2.95. The van der Waals surface area contributed by atoms with E-state index in [9.17, 15) is 4.79 Å². The third kappa shape index (κ3) is 2.88. The quantitative estimate of drug-likeness (QED) is 0.761. The first-order valence-electron chi connectivity index (χ1n) is 8.41. The molecule has 7 heteroatoms. The lowest BCUT2D eigenvalue weighted by molar-refractivity contribution is 0.191. The maximum atomic E-state index is 13.0. The maximum Gasteiger partial charge on any atom is 0.322 e. The van der Waals surface area contributed by atoms with Crippen LogP contribution >= 0.6 is 0 Å². The fourth-order valence-electron chi connectivity index (χ4n) is 3.27. The van der Waals surface area contributed by atoms with Gasteiger partial charge in [0, 0.05) is 24.9 Å². The number of ether oxygens (including phenoxy) is 1. The van der Waals surface area contributed by atoms with E-state index in [4.69, 9.17) is 4.74 Å². The molecule has 1 aliphatic rings. The van der Waals surface area contributed by atoms with Crippen LogP contribution in [0.4, 0.5) is 10.5 Å². The molecule has 0 saturated heterocycles. The van der Waals surface area contributed by atoms with Crippen molar-refractivity contribution < 1.29 is 9.53 Å². The van der Waals surface area contributed by atoms with Gasteiger partial charge in [-0.3, -0.25) is 4.98 Å². The highest BCUT2D eigenvalue weighted by Crippen LogP contribution is 2.33. The van der Waals surface area contributed by atoms with E-state index in [0.29, 0.717) is 18.0 Å². The Morgan fingerprint density at radius 2 is 2.08 bits per heavy atom. The molecule has 0 radical (unpaired) electrons. The Morgan fingerprint density at radius 1 is 1.23 bits per heavy atom. The molecule has 2 aromatic heterocycles. The van der Waals surface area contributed by atoms with Crippen molar-refractivity contribution in [1.82, 2.24) is 19.9 Å². The van der Waals surface area contributed by atoms with Crippen LogP contribution in [0.1, 0.15) is 23.1 Å². The molecule has 3 aromatic rings. The number of aromatic amines is 1. The molecule has 0 fully saturated rings. The lowest BCUT2D eigenvalue weighted by Crippen LogP contribution is -2.43. The largest absolute Gasteiger partial charge is 0.495 e. The van der Waals surface area contributed by atoms with Crippen LogP contribution in [0.25, 0.3) is 0 Å². The fraction of sp³-hybridized carbons (Fsp3) is 0.211. The number of pyridine rings is 1. The van der Waals surface area contributed by atoms with Crippen LogP contribution in [0.2, 0.25) is 0 Å². The number of aromatic nitrogens is 3. The highest BCUT2D eigenvalue weighted by atomic mass is 16.5. The molecule has 1 aromatic carbocycles. The number of imidazole rings is 1. The van der Waals surface area contributed by atoms with E-state index in [1.807, 2.05) is 42.5 Å². The lowest BCUT2D eigenvalue weighted by Gasteiger charge is -2.34. The molecule has 26 heavy (non-hydrogen) atoms. The number of nitrogens with one attached hydrogen (secondary N) is 2. The highest BCUT2D eigenvalue weighted by Gasteiger charge is 2.35. The second-order valence-corrected chi connectivity index (χ2v) is 6.00. The van der Waals surface area contributed by atoms with Crippen molar-refractivity contribution in [3.63, 3.8) is 0 Å². The number of benzene rings is 1. The minimum atomic E-state index is -0.332. The first kappa shape index (κ1) is 16.1. The Labute approximate surface area is 151 Å². The summed E-state index contributed by atoms with van der Waals surface area (Å²) in [4.78, 5) is 26.9. The molecule has 4 rings (SSSR count). The Kier molecular flexibility index (Phi) is 4.27. The number of carbonyl (C=O) groups is 1. The molecule has 0 aliphatic carbocycles. The van der Waals surface area contributed by atoms with E-state index in [2.05, 4.69) is 20.3 Å². The topological polar surface area (TPSA) is 83.1 Å². The lowest BCUT2D eigenvalue weighted by atomic mass is 10.00. The smallest absolute Gasteiger partial charge is 0.322 e. The predicted molar refractivity (Wildman–Crippen MR) is 97.1 cm³/mol. The van der Waals surface area contributed by atoms with Gasteiger partial charge in [0.1, 0.15) is 11.8 Å². The van der Waals surface area contributed by atoms with E-state index in [-0.39, 0.29) is 12.1 Å². The van der Waals surface area contributed by atoms with Gasteiger partial charge in [-0.05, 0) is 24.3 Å². The molecule has 0 spiro atoms. The molecule has 1 atom stereocenters. The summed E-state index contributed by atoms with van der Waals surface area (Å²) < 4.78 is 5.33. The minimum Gasteiger partial charge on any atom is -0.495 e. The number of hydrogen-bond acceptors (Lipinski definition) is 4. The van der Waals surface area contributed by atoms with Gasteiger partial charge >= 0.3 is 6.03 Å². The average Bonchev–Trinajstić information content (AvgIpc) is 3.17. The summed E-state index contributed by atoms with van der Waals surface area (Å²) in [5.74, 6) is 0.618. The number of carbonyl (C=O) groups excluding carboxylic acids is 1. The van der Waals surface area contributed by atoms with Crippen molar-refractivity contribution >= 4 is 11.7 Å². The second-order valence-electron chi connectivity index (χ2n) is 6.00. The number of nitrogens with zero attached hydrogens (tertiary/aromatic N) is 3. The average molecular weight is 349 g/mol. The first-order chi connectivity index (χ1) is 12.8. The van der Waals surface area contributed by atoms with E-state index >= 15 is 0 Å². The van der Waals surface area contributed by atoms with Crippen LogP contribution in [0.5, 0.6) is 5.75 Å². The van der Waals surface area contributed by atoms with E-state index in [0.717, 1.165) is 23.5 Å². The molecular weight excluding hydrogens is 330 g/mol. The van der Waals surface area contributed by atoms with Gasteiger partial charge in [-0.1, -0.05) is 18.2 Å². The number of para-hydroxylation sites is 2. The Balaban J connectivity index is 1.67. The second kappa shape index (κ2) is 6.87.